The van der Waals surface area contributed by atoms with Gasteiger partial charge >= 0.3 is 58.4 Å². The van der Waals surface area contributed by atoms with E-state index in [0.29, 0.717) is 10.3 Å². The van der Waals surface area contributed by atoms with Gasteiger partial charge in [0.2, 0.25) is 0 Å². The summed E-state index contributed by atoms with van der Waals surface area (Å²) in [4.78, 5) is 15.0. The number of rotatable bonds is 2. The van der Waals surface area contributed by atoms with E-state index < -0.39 is 19.0 Å². The minimum Gasteiger partial charge on any atom is -0.448 e. The fourth-order valence-corrected chi connectivity index (χ4v) is 1.19. The van der Waals surface area contributed by atoms with E-state index in [2.05, 4.69) is 4.98 Å². The third-order valence-corrected chi connectivity index (χ3v) is 1.72. The van der Waals surface area contributed by atoms with Gasteiger partial charge in [0, 0.05) is 11.8 Å². The van der Waals surface area contributed by atoms with Crippen molar-refractivity contribution in [3.8, 4) is 0 Å². The van der Waals surface area contributed by atoms with Gasteiger partial charge in [0.05, 0.1) is 0 Å². The Bertz CT molecular complexity index is 404. The summed E-state index contributed by atoms with van der Waals surface area (Å²) >= 11 is 0. The number of halogens is 3. The zero-order chi connectivity index (χ0) is 10.9. The monoisotopic (exact) mass is 244 g/mol. The Kier molecular flexibility index (Phi) is 5.77. The third kappa shape index (κ3) is 4.82. The fourth-order valence-electron chi connectivity index (χ4n) is 1.19. The van der Waals surface area contributed by atoms with E-state index in [0.717, 1.165) is 6.07 Å². The van der Waals surface area contributed by atoms with Gasteiger partial charge in [-0.15, -0.1) is 0 Å². The maximum absolute atomic E-state index is 12.1. The molecule has 0 saturated heterocycles. The van der Waals surface area contributed by atoms with Crippen LogP contribution in [0.5, 0.6) is 0 Å². The predicted molar refractivity (Wildman–Crippen MR) is 47.0 cm³/mol. The second-order valence-corrected chi connectivity index (χ2v) is 3.10. The zero-order valence-corrected chi connectivity index (χ0v) is 11.9. The number of hydrogen-bond acceptors (Lipinski definition) is 2. The Morgan fingerprint density at radius 3 is 2.33 bits per heavy atom. The van der Waals surface area contributed by atoms with Crippen LogP contribution in [0, 0.1) is 13.8 Å². The second kappa shape index (κ2) is 5.63. The number of hydrogen-bond donors (Lipinski definition) is 0. The van der Waals surface area contributed by atoms with Crippen molar-refractivity contribution < 1.29 is 64.3 Å². The maximum atomic E-state index is 12.1. The molecule has 0 aliphatic rings. The van der Waals surface area contributed by atoms with Crippen molar-refractivity contribution in [1.82, 2.24) is 9.55 Å². The van der Waals surface area contributed by atoms with Crippen LogP contribution in [0.15, 0.2) is 10.9 Å². The van der Waals surface area contributed by atoms with Crippen molar-refractivity contribution in [3.05, 3.63) is 27.9 Å². The maximum Gasteiger partial charge on any atom is 1.00 e. The molecule has 1 aromatic heterocycles. The van der Waals surface area contributed by atoms with E-state index in [1.165, 1.54) is 6.92 Å². The molecular formula is C7H9BF3KN2O. The zero-order valence-electron chi connectivity index (χ0n) is 8.80. The minimum absolute atomic E-state index is 0. The SMILES string of the molecule is Cc1cc(=O)n(C[B-](F)(F)F)c(C)n1.[K+]. The smallest absolute Gasteiger partial charge is 0.448 e. The van der Waals surface area contributed by atoms with Gasteiger partial charge in [0.25, 0.3) is 5.56 Å². The molecular weight excluding hydrogens is 235 g/mol. The van der Waals surface area contributed by atoms with Crippen LogP contribution in [0.1, 0.15) is 11.5 Å². The molecule has 0 aliphatic heterocycles. The predicted octanol–water partition coefficient (Wildman–Crippen LogP) is -1.75. The van der Waals surface area contributed by atoms with E-state index in [1.54, 1.807) is 6.92 Å². The van der Waals surface area contributed by atoms with Crippen LogP contribution < -0.4 is 56.9 Å². The normalized spacial score (nSPS) is 11.0. The van der Waals surface area contributed by atoms with E-state index in [-0.39, 0.29) is 57.2 Å². The molecule has 3 nitrogen and oxygen atoms in total. The third-order valence-electron chi connectivity index (χ3n) is 1.72. The molecule has 0 bridgehead atoms. The van der Waals surface area contributed by atoms with E-state index in [4.69, 9.17) is 0 Å². The van der Waals surface area contributed by atoms with Gasteiger partial charge in [0.1, 0.15) is 5.82 Å². The molecule has 0 amide bonds. The summed E-state index contributed by atoms with van der Waals surface area (Å²) in [6.07, 6.45) is -1.22. The van der Waals surface area contributed by atoms with Crippen molar-refractivity contribution in [2.24, 2.45) is 0 Å². The van der Waals surface area contributed by atoms with Gasteiger partial charge in [-0.3, -0.25) is 4.79 Å². The van der Waals surface area contributed by atoms with Crippen LogP contribution in [0.4, 0.5) is 12.9 Å². The van der Waals surface area contributed by atoms with E-state index in [1.807, 2.05) is 0 Å². The van der Waals surface area contributed by atoms with E-state index >= 15 is 0 Å². The molecule has 1 rings (SSSR count). The van der Waals surface area contributed by atoms with Gasteiger partial charge in [-0.25, -0.2) is 4.98 Å². The summed E-state index contributed by atoms with van der Waals surface area (Å²) < 4.78 is 36.9. The van der Waals surface area contributed by atoms with Gasteiger partial charge in [0.15, 0.2) is 0 Å². The van der Waals surface area contributed by atoms with Crippen LogP contribution in [0.2, 0.25) is 0 Å². The largest absolute Gasteiger partial charge is 1.00 e. The minimum atomic E-state index is -5.01. The summed E-state index contributed by atoms with van der Waals surface area (Å²) in [5.74, 6) is 0.0919. The summed E-state index contributed by atoms with van der Waals surface area (Å²) in [6, 6.07) is 1.09. The van der Waals surface area contributed by atoms with Crippen molar-refractivity contribution >= 4 is 6.98 Å². The average molecular weight is 244 g/mol. The molecule has 0 N–H and O–H groups in total. The Morgan fingerprint density at radius 1 is 1.40 bits per heavy atom. The first kappa shape index (κ1) is 15.4. The van der Waals surface area contributed by atoms with Crippen LogP contribution in [-0.4, -0.2) is 16.5 Å². The van der Waals surface area contributed by atoms with Crippen molar-refractivity contribution in [3.63, 3.8) is 0 Å². The quantitative estimate of drug-likeness (QED) is 0.578. The molecule has 0 radical (unpaired) electrons. The van der Waals surface area contributed by atoms with Crippen molar-refractivity contribution in [2.75, 3.05) is 0 Å². The molecule has 1 heterocycles. The molecule has 0 aliphatic carbocycles. The molecule has 78 valence electrons. The molecule has 0 fully saturated rings. The summed E-state index contributed by atoms with van der Waals surface area (Å²) in [6.45, 7) is -2.06. The van der Waals surface area contributed by atoms with E-state index in [9.17, 15) is 17.7 Å². The van der Waals surface area contributed by atoms with Crippen LogP contribution in [0.3, 0.4) is 0 Å². The first-order valence-electron chi connectivity index (χ1n) is 4.06. The number of nitrogens with zero attached hydrogens (tertiary/aromatic N) is 2. The topological polar surface area (TPSA) is 34.9 Å². The summed E-state index contributed by atoms with van der Waals surface area (Å²) in [7, 11) is 0. The van der Waals surface area contributed by atoms with Crippen LogP contribution >= 0.6 is 0 Å². The van der Waals surface area contributed by atoms with Gasteiger partial charge in [-0.05, 0) is 20.3 Å². The Balaban J connectivity index is 0.00000196. The molecule has 0 atom stereocenters. The first-order chi connectivity index (χ1) is 6.29. The fraction of sp³-hybridized carbons (Fsp3) is 0.429. The molecule has 0 saturated carbocycles. The second-order valence-electron chi connectivity index (χ2n) is 3.10. The van der Waals surface area contributed by atoms with Crippen LogP contribution in [0.25, 0.3) is 0 Å². The summed E-state index contributed by atoms with van der Waals surface area (Å²) in [5, 5.41) is 0. The summed E-state index contributed by atoms with van der Waals surface area (Å²) in [5.41, 5.74) is -0.229. The van der Waals surface area contributed by atoms with Gasteiger partial charge < -0.3 is 17.5 Å². The molecule has 0 unspecified atom stereocenters. The van der Waals surface area contributed by atoms with Crippen molar-refractivity contribution in [2.45, 2.75) is 20.3 Å². The molecule has 1 aromatic rings. The Morgan fingerprint density at radius 2 is 1.93 bits per heavy atom. The number of aryl methyl sites for hydroxylation is 2. The average Bonchev–Trinajstić information content (AvgIpc) is 1.95. The number of aromatic nitrogens is 2. The standard InChI is InChI=1S/C7H9BF3N2O.K/c1-5-3-7(14)13(6(2)12-5)4-8(9,10)11;/h3H,4H2,1-2H3;/q-1;+1. The molecule has 0 aromatic carbocycles. The molecule has 8 heteroatoms. The van der Waals surface area contributed by atoms with Crippen molar-refractivity contribution in [1.29, 1.82) is 0 Å². The Labute approximate surface area is 128 Å². The van der Waals surface area contributed by atoms with Crippen LogP contribution in [-0.2, 0) is 6.44 Å². The van der Waals surface area contributed by atoms with Gasteiger partial charge in [-0.1, -0.05) is 0 Å². The first-order valence-corrected chi connectivity index (χ1v) is 4.06. The van der Waals surface area contributed by atoms with Gasteiger partial charge in [-0.2, -0.15) is 0 Å². The Hall–Kier alpha value is 0.371. The molecule has 0 spiro atoms. The molecule has 15 heavy (non-hydrogen) atoms.